The molecule has 1 aromatic rings. The number of benzene rings is 1. The van der Waals surface area contributed by atoms with Crippen molar-refractivity contribution >= 4 is 0 Å². The Hall–Kier alpha value is -1.10. The molecule has 4 heteroatoms. The van der Waals surface area contributed by atoms with Crippen LogP contribution in [0.25, 0.3) is 0 Å². The summed E-state index contributed by atoms with van der Waals surface area (Å²) in [5.74, 6) is 0.718. The van der Waals surface area contributed by atoms with Crippen LogP contribution in [0, 0.1) is 17.3 Å². The molecular formula is C20H30O4. The number of aliphatic hydroxyl groups excluding tert-OH is 3. The van der Waals surface area contributed by atoms with E-state index in [-0.39, 0.29) is 11.8 Å². The Morgan fingerprint density at radius 3 is 2.46 bits per heavy atom. The molecule has 0 unspecified atom stereocenters. The van der Waals surface area contributed by atoms with Crippen LogP contribution in [-0.4, -0.2) is 38.7 Å². The number of rotatable bonds is 3. The van der Waals surface area contributed by atoms with Crippen molar-refractivity contribution in [2.75, 3.05) is 0 Å². The van der Waals surface area contributed by atoms with Gasteiger partial charge in [0.15, 0.2) is 0 Å². The summed E-state index contributed by atoms with van der Waals surface area (Å²) in [4.78, 5) is 0. The molecule has 0 heterocycles. The second kappa shape index (κ2) is 6.32. The van der Waals surface area contributed by atoms with Gasteiger partial charge in [0, 0.05) is 0 Å². The van der Waals surface area contributed by atoms with Crippen LogP contribution in [-0.2, 0) is 6.42 Å². The first-order valence-corrected chi connectivity index (χ1v) is 9.11. The molecule has 0 aliphatic heterocycles. The number of aryl methyl sites for hydroxylation is 1. The highest BCUT2D eigenvalue weighted by Gasteiger charge is 2.53. The number of hydrogen-bond acceptors (Lipinski definition) is 4. The van der Waals surface area contributed by atoms with Crippen molar-refractivity contribution in [2.24, 2.45) is 17.3 Å². The van der Waals surface area contributed by atoms with Crippen LogP contribution in [0.1, 0.15) is 57.1 Å². The number of phenols is 1. The van der Waals surface area contributed by atoms with E-state index in [4.69, 9.17) is 0 Å². The van der Waals surface area contributed by atoms with Crippen LogP contribution in [0.4, 0.5) is 0 Å². The van der Waals surface area contributed by atoms with E-state index in [0.717, 1.165) is 25.7 Å². The lowest BCUT2D eigenvalue weighted by molar-refractivity contribution is -0.137. The molecule has 0 amide bonds. The van der Waals surface area contributed by atoms with E-state index >= 15 is 0 Å². The van der Waals surface area contributed by atoms with E-state index in [1.54, 1.807) is 19.9 Å². The van der Waals surface area contributed by atoms with E-state index in [0.29, 0.717) is 11.7 Å². The largest absolute Gasteiger partial charge is 0.508 e. The molecule has 0 aromatic heterocycles. The molecule has 1 fully saturated rings. The number of fused-ring (bicyclic) bond motifs is 3. The summed E-state index contributed by atoms with van der Waals surface area (Å²) in [6.07, 6.45) is 1.39. The highest BCUT2D eigenvalue weighted by atomic mass is 16.3. The summed E-state index contributed by atoms with van der Waals surface area (Å²) in [6, 6.07) is 5.61. The molecule has 0 bridgehead atoms. The molecule has 4 N–H and O–H groups in total. The molecule has 7 atom stereocenters. The molecule has 24 heavy (non-hydrogen) atoms. The minimum atomic E-state index is -0.837. The van der Waals surface area contributed by atoms with Gasteiger partial charge in [-0.05, 0) is 86.0 Å². The molecule has 1 aromatic carbocycles. The third kappa shape index (κ3) is 2.75. The van der Waals surface area contributed by atoms with Crippen molar-refractivity contribution in [3.63, 3.8) is 0 Å². The van der Waals surface area contributed by atoms with Gasteiger partial charge in [-0.1, -0.05) is 13.0 Å². The van der Waals surface area contributed by atoms with Crippen LogP contribution in [0.2, 0.25) is 0 Å². The minimum absolute atomic E-state index is 0.141. The molecule has 3 rings (SSSR count). The number of aliphatic hydroxyl groups is 3. The van der Waals surface area contributed by atoms with Crippen molar-refractivity contribution in [2.45, 2.75) is 70.7 Å². The molecule has 1 saturated carbocycles. The van der Waals surface area contributed by atoms with E-state index < -0.39 is 23.7 Å². The maximum atomic E-state index is 10.8. The number of hydrogen-bond donors (Lipinski definition) is 4. The summed E-state index contributed by atoms with van der Waals surface area (Å²) in [6.45, 7) is 5.49. The first-order chi connectivity index (χ1) is 11.3. The van der Waals surface area contributed by atoms with Gasteiger partial charge in [-0.3, -0.25) is 0 Å². The second-order valence-corrected chi connectivity index (χ2v) is 8.17. The molecular weight excluding hydrogens is 304 g/mol. The Morgan fingerprint density at radius 1 is 1.12 bits per heavy atom. The fourth-order valence-corrected chi connectivity index (χ4v) is 5.28. The molecule has 0 spiro atoms. The maximum absolute atomic E-state index is 10.8. The number of aromatic hydroxyl groups is 1. The zero-order valence-electron chi connectivity index (χ0n) is 14.8. The normalized spacial score (nSPS) is 36.3. The van der Waals surface area contributed by atoms with Gasteiger partial charge in [0.25, 0.3) is 0 Å². The van der Waals surface area contributed by atoms with Crippen LogP contribution in [0.3, 0.4) is 0 Å². The SMILES string of the molecule is C[C@H](O)[C@H](O)[C@H]1[C@@H]2CCc3cc(O)ccc3[C@H]2CC[C@]1(C)[C@H](C)O. The monoisotopic (exact) mass is 334 g/mol. The van der Waals surface area contributed by atoms with E-state index in [1.807, 2.05) is 12.1 Å². The van der Waals surface area contributed by atoms with Crippen LogP contribution < -0.4 is 0 Å². The lowest BCUT2D eigenvalue weighted by Gasteiger charge is -2.55. The average molecular weight is 334 g/mol. The predicted molar refractivity (Wildman–Crippen MR) is 92.9 cm³/mol. The van der Waals surface area contributed by atoms with Gasteiger partial charge < -0.3 is 20.4 Å². The summed E-state index contributed by atoms with van der Waals surface area (Å²) in [5.41, 5.74) is 2.06. The predicted octanol–water partition coefficient (Wildman–Crippen LogP) is 2.58. The van der Waals surface area contributed by atoms with Crippen LogP contribution in [0.5, 0.6) is 5.75 Å². The summed E-state index contributed by atoms with van der Waals surface area (Å²) in [5, 5.41) is 41.0. The van der Waals surface area contributed by atoms with Gasteiger partial charge in [0.1, 0.15) is 5.75 Å². The van der Waals surface area contributed by atoms with Crippen molar-refractivity contribution in [3.8, 4) is 5.75 Å². The molecule has 134 valence electrons. The fraction of sp³-hybridized carbons (Fsp3) is 0.700. The molecule has 0 radical (unpaired) electrons. The Morgan fingerprint density at radius 2 is 1.83 bits per heavy atom. The summed E-state index contributed by atoms with van der Waals surface area (Å²) in [7, 11) is 0. The second-order valence-electron chi connectivity index (χ2n) is 8.17. The van der Waals surface area contributed by atoms with Crippen molar-refractivity contribution in [1.82, 2.24) is 0 Å². The molecule has 0 saturated heterocycles. The number of phenolic OH excluding ortho intramolecular Hbond substituents is 1. The van der Waals surface area contributed by atoms with E-state index in [2.05, 4.69) is 6.92 Å². The molecule has 2 aliphatic carbocycles. The highest BCUT2D eigenvalue weighted by molar-refractivity contribution is 5.40. The van der Waals surface area contributed by atoms with Gasteiger partial charge in [-0.25, -0.2) is 0 Å². The topological polar surface area (TPSA) is 80.9 Å². The molecule has 4 nitrogen and oxygen atoms in total. The Balaban J connectivity index is 2.01. The Labute approximate surface area is 144 Å². The zero-order chi connectivity index (χ0) is 17.6. The zero-order valence-corrected chi connectivity index (χ0v) is 14.8. The maximum Gasteiger partial charge on any atom is 0.115 e. The van der Waals surface area contributed by atoms with Gasteiger partial charge in [0.05, 0.1) is 18.3 Å². The standard InChI is InChI=1S/C20H30O4/c1-11(21)19(24)18-17-6-4-13-10-14(23)5-7-15(13)16(17)8-9-20(18,3)12(2)22/h5,7,10-12,16-19,21-24H,4,6,8-9H2,1-3H3/t11-,12-,16+,17+,18+,19-,20+/m0/s1. The van der Waals surface area contributed by atoms with Crippen molar-refractivity contribution in [1.29, 1.82) is 0 Å². The first-order valence-electron chi connectivity index (χ1n) is 9.11. The Kier molecular flexibility index (Phi) is 4.67. The molecule has 2 aliphatic rings. The highest BCUT2D eigenvalue weighted by Crippen LogP contribution is 2.57. The fourth-order valence-electron chi connectivity index (χ4n) is 5.28. The van der Waals surface area contributed by atoms with Crippen LogP contribution >= 0.6 is 0 Å². The third-order valence-electron chi connectivity index (χ3n) is 6.82. The Bertz CT molecular complexity index is 597. The lowest BCUT2D eigenvalue weighted by atomic mass is 9.51. The smallest absolute Gasteiger partial charge is 0.115 e. The third-order valence-corrected chi connectivity index (χ3v) is 6.82. The lowest BCUT2D eigenvalue weighted by Crippen LogP contribution is -2.54. The van der Waals surface area contributed by atoms with Crippen LogP contribution in [0.15, 0.2) is 18.2 Å². The van der Waals surface area contributed by atoms with Gasteiger partial charge in [0.2, 0.25) is 0 Å². The van der Waals surface area contributed by atoms with E-state index in [9.17, 15) is 20.4 Å². The van der Waals surface area contributed by atoms with Crippen molar-refractivity contribution in [3.05, 3.63) is 29.3 Å². The van der Waals surface area contributed by atoms with Crippen molar-refractivity contribution < 1.29 is 20.4 Å². The van der Waals surface area contributed by atoms with Gasteiger partial charge in [-0.15, -0.1) is 0 Å². The summed E-state index contributed by atoms with van der Waals surface area (Å²) >= 11 is 0. The summed E-state index contributed by atoms with van der Waals surface area (Å²) < 4.78 is 0. The van der Waals surface area contributed by atoms with E-state index in [1.165, 1.54) is 11.1 Å². The minimum Gasteiger partial charge on any atom is -0.508 e. The average Bonchev–Trinajstić information content (AvgIpc) is 2.53. The first kappa shape index (κ1) is 17.7. The van der Waals surface area contributed by atoms with Gasteiger partial charge in [-0.2, -0.15) is 0 Å². The quantitative estimate of drug-likeness (QED) is 0.685. The van der Waals surface area contributed by atoms with Gasteiger partial charge >= 0.3 is 0 Å².